The monoisotopic (exact) mass is 399 g/mol. The summed E-state index contributed by atoms with van der Waals surface area (Å²) in [5.41, 5.74) is 1.07. The van der Waals surface area contributed by atoms with Crippen molar-refractivity contribution in [3.8, 4) is 11.5 Å². The van der Waals surface area contributed by atoms with Gasteiger partial charge in [0.2, 0.25) is 5.91 Å². The predicted molar refractivity (Wildman–Crippen MR) is 108 cm³/mol. The van der Waals surface area contributed by atoms with Crippen LogP contribution in [0, 0.1) is 0 Å². The van der Waals surface area contributed by atoms with Crippen molar-refractivity contribution in [2.24, 2.45) is 0 Å². The van der Waals surface area contributed by atoms with Crippen LogP contribution >= 0.6 is 0 Å². The zero-order valence-electron chi connectivity index (χ0n) is 16.6. The first-order valence-corrected chi connectivity index (χ1v) is 9.37. The summed E-state index contributed by atoms with van der Waals surface area (Å²) in [6, 6.07) is 13.7. The third kappa shape index (κ3) is 7.65. The molecular weight excluding hydrogens is 374 g/mol. The smallest absolute Gasteiger partial charge is 0.306 e. The van der Waals surface area contributed by atoms with E-state index in [1.807, 2.05) is 6.92 Å². The number of hydrogen-bond donors (Lipinski definition) is 1. The molecule has 2 rings (SSSR count). The Morgan fingerprint density at radius 3 is 2.41 bits per heavy atom. The Bertz CT molecular complexity index is 831. The van der Waals surface area contributed by atoms with Gasteiger partial charge in [-0.3, -0.25) is 14.4 Å². The number of benzene rings is 2. The van der Waals surface area contributed by atoms with Crippen molar-refractivity contribution in [3.05, 3.63) is 54.1 Å². The molecule has 0 atom stereocenters. The summed E-state index contributed by atoms with van der Waals surface area (Å²) in [4.78, 5) is 35.8. The lowest BCUT2D eigenvalue weighted by molar-refractivity contribution is -0.142. The number of anilines is 1. The van der Waals surface area contributed by atoms with Crippen LogP contribution in [-0.4, -0.2) is 38.0 Å². The molecule has 0 fully saturated rings. The summed E-state index contributed by atoms with van der Waals surface area (Å²) in [5, 5.41) is 2.75. The van der Waals surface area contributed by atoms with E-state index in [2.05, 4.69) is 5.32 Å². The molecular formula is C22H25NO6. The molecule has 29 heavy (non-hydrogen) atoms. The predicted octanol–water partition coefficient (Wildman–Crippen LogP) is 3.63. The van der Waals surface area contributed by atoms with Gasteiger partial charge in [-0.2, -0.15) is 0 Å². The van der Waals surface area contributed by atoms with E-state index in [9.17, 15) is 14.4 Å². The molecule has 0 heterocycles. The molecule has 0 bridgehead atoms. The molecule has 7 nitrogen and oxygen atoms in total. The van der Waals surface area contributed by atoms with Crippen LogP contribution in [0.4, 0.5) is 5.69 Å². The van der Waals surface area contributed by atoms with Crippen molar-refractivity contribution in [2.75, 3.05) is 25.6 Å². The van der Waals surface area contributed by atoms with Crippen molar-refractivity contribution >= 4 is 23.3 Å². The summed E-state index contributed by atoms with van der Waals surface area (Å²) in [6.07, 6.45) is 0.559. The summed E-state index contributed by atoms with van der Waals surface area (Å²) in [7, 11) is 1.51. The fraction of sp³-hybridized carbons (Fsp3) is 0.318. The van der Waals surface area contributed by atoms with Gasteiger partial charge in [0.25, 0.3) is 0 Å². The fourth-order valence-electron chi connectivity index (χ4n) is 2.52. The second-order valence-electron chi connectivity index (χ2n) is 6.17. The highest BCUT2D eigenvalue weighted by atomic mass is 16.5. The van der Waals surface area contributed by atoms with Crippen molar-refractivity contribution in [2.45, 2.75) is 26.2 Å². The number of methoxy groups -OCH3 is 1. The van der Waals surface area contributed by atoms with Crippen LogP contribution in [0.2, 0.25) is 0 Å². The third-order valence-corrected chi connectivity index (χ3v) is 3.99. The quantitative estimate of drug-likeness (QED) is 0.458. The number of esters is 1. The second kappa shape index (κ2) is 11.5. The number of amides is 1. The van der Waals surface area contributed by atoms with Crippen LogP contribution < -0.4 is 14.8 Å². The number of ketones is 1. The lowest BCUT2D eigenvalue weighted by Crippen LogP contribution is -2.15. The molecule has 0 aliphatic rings. The van der Waals surface area contributed by atoms with E-state index < -0.39 is 5.97 Å². The molecule has 154 valence electrons. The maximum absolute atomic E-state index is 12.1. The highest BCUT2D eigenvalue weighted by Gasteiger charge is 2.12. The molecule has 0 spiro atoms. The lowest BCUT2D eigenvalue weighted by atomic mass is 10.1. The average Bonchev–Trinajstić information content (AvgIpc) is 2.73. The summed E-state index contributed by atoms with van der Waals surface area (Å²) in [6.45, 7) is 2.13. The van der Waals surface area contributed by atoms with Gasteiger partial charge in [-0.1, -0.05) is 12.1 Å². The Labute approximate surface area is 170 Å². The number of Topliss-reactive ketones (excluding diaryl/α,β-unsaturated/α-hetero) is 1. The minimum Gasteiger partial charge on any atom is -0.497 e. The van der Waals surface area contributed by atoms with Crippen molar-refractivity contribution in [1.29, 1.82) is 0 Å². The molecule has 1 amide bonds. The Kier molecular flexibility index (Phi) is 8.69. The highest BCUT2D eigenvalue weighted by molar-refractivity contribution is 5.98. The van der Waals surface area contributed by atoms with Crippen molar-refractivity contribution < 1.29 is 28.6 Å². The van der Waals surface area contributed by atoms with Gasteiger partial charge in [0, 0.05) is 24.1 Å². The van der Waals surface area contributed by atoms with E-state index >= 15 is 0 Å². The van der Waals surface area contributed by atoms with E-state index in [1.165, 1.54) is 7.11 Å². The minimum atomic E-state index is -0.518. The minimum absolute atomic E-state index is 0.0576. The van der Waals surface area contributed by atoms with E-state index in [0.717, 1.165) is 5.75 Å². The van der Waals surface area contributed by atoms with E-state index in [1.54, 1.807) is 48.5 Å². The van der Waals surface area contributed by atoms with Crippen LogP contribution in [-0.2, 0) is 14.3 Å². The Morgan fingerprint density at radius 1 is 0.966 bits per heavy atom. The molecule has 0 aliphatic heterocycles. The third-order valence-electron chi connectivity index (χ3n) is 3.99. The SMILES string of the molecule is CCOc1ccc(NC(=O)CCCC(=O)OCC(=O)c2cccc(OC)c2)cc1. The lowest BCUT2D eigenvalue weighted by Gasteiger charge is -2.07. The van der Waals surface area contributed by atoms with E-state index in [-0.39, 0.29) is 31.1 Å². The number of carbonyl (C=O) groups is 3. The van der Waals surface area contributed by atoms with E-state index in [4.69, 9.17) is 14.2 Å². The summed E-state index contributed by atoms with van der Waals surface area (Å²) >= 11 is 0. The largest absolute Gasteiger partial charge is 0.497 e. The average molecular weight is 399 g/mol. The zero-order chi connectivity index (χ0) is 21.1. The number of hydrogen-bond acceptors (Lipinski definition) is 6. The van der Waals surface area contributed by atoms with Crippen LogP contribution in [0.15, 0.2) is 48.5 Å². The molecule has 0 radical (unpaired) electrons. The van der Waals surface area contributed by atoms with Gasteiger partial charge >= 0.3 is 5.97 Å². The molecule has 0 unspecified atom stereocenters. The first kappa shape index (κ1) is 21.9. The molecule has 7 heteroatoms. The molecule has 0 aliphatic carbocycles. The van der Waals surface area contributed by atoms with Gasteiger partial charge < -0.3 is 19.5 Å². The Hall–Kier alpha value is -3.35. The molecule has 0 saturated heterocycles. The first-order valence-electron chi connectivity index (χ1n) is 9.37. The second-order valence-corrected chi connectivity index (χ2v) is 6.17. The number of rotatable bonds is 11. The topological polar surface area (TPSA) is 90.9 Å². The Balaban J connectivity index is 1.66. The van der Waals surface area contributed by atoms with Crippen LogP contribution in [0.3, 0.4) is 0 Å². The zero-order valence-corrected chi connectivity index (χ0v) is 16.6. The molecule has 1 N–H and O–H groups in total. The maximum atomic E-state index is 12.1. The van der Waals surface area contributed by atoms with E-state index in [0.29, 0.717) is 30.0 Å². The van der Waals surface area contributed by atoms with Gasteiger partial charge in [0.1, 0.15) is 11.5 Å². The van der Waals surface area contributed by atoms with Gasteiger partial charge in [-0.25, -0.2) is 0 Å². The number of carbonyl (C=O) groups excluding carboxylic acids is 3. The highest BCUT2D eigenvalue weighted by Crippen LogP contribution is 2.16. The molecule has 2 aromatic rings. The first-order chi connectivity index (χ1) is 14.0. The standard InChI is InChI=1S/C22H25NO6/c1-3-28-18-12-10-17(11-13-18)23-21(25)8-5-9-22(26)29-15-20(24)16-6-4-7-19(14-16)27-2/h4,6-7,10-14H,3,5,8-9,15H2,1-2H3,(H,23,25). The fourth-order valence-corrected chi connectivity index (χ4v) is 2.52. The summed E-state index contributed by atoms with van der Waals surface area (Å²) in [5.74, 6) is 0.257. The van der Waals surface area contributed by atoms with Gasteiger partial charge in [-0.15, -0.1) is 0 Å². The Morgan fingerprint density at radius 2 is 1.72 bits per heavy atom. The van der Waals surface area contributed by atoms with Gasteiger partial charge in [0.15, 0.2) is 12.4 Å². The van der Waals surface area contributed by atoms with Crippen LogP contribution in [0.25, 0.3) is 0 Å². The van der Waals surface area contributed by atoms with Crippen LogP contribution in [0.1, 0.15) is 36.5 Å². The molecule has 0 aromatic heterocycles. The molecule has 0 saturated carbocycles. The number of nitrogens with one attached hydrogen (secondary N) is 1. The normalized spacial score (nSPS) is 10.1. The summed E-state index contributed by atoms with van der Waals surface area (Å²) < 4.78 is 15.4. The van der Waals surface area contributed by atoms with Crippen LogP contribution in [0.5, 0.6) is 11.5 Å². The van der Waals surface area contributed by atoms with Crippen molar-refractivity contribution in [3.63, 3.8) is 0 Å². The number of ether oxygens (including phenoxy) is 3. The van der Waals surface area contributed by atoms with Crippen molar-refractivity contribution in [1.82, 2.24) is 0 Å². The van der Waals surface area contributed by atoms with Gasteiger partial charge in [-0.05, 0) is 49.7 Å². The molecule has 2 aromatic carbocycles. The van der Waals surface area contributed by atoms with Gasteiger partial charge in [0.05, 0.1) is 13.7 Å². The maximum Gasteiger partial charge on any atom is 0.306 e.